The van der Waals surface area contributed by atoms with Crippen LogP contribution in [0.3, 0.4) is 0 Å². The summed E-state index contributed by atoms with van der Waals surface area (Å²) in [7, 11) is 0. The Hall–Kier alpha value is -2.21. The first kappa shape index (κ1) is 12.5. The van der Waals surface area contributed by atoms with Gasteiger partial charge in [0, 0.05) is 31.1 Å². The van der Waals surface area contributed by atoms with E-state index in [-0.39, 0.29) is 17.5 Å². The third-order valence-corrected chi connectivity index (χ3v) is 4.60. The Labute approximate surface area is 121 Å². The van der Waals surface area contributed by atoms with Gasteiger partial charge >= 0.3 is 0 Å². The van der Waals surface area contributed by atoms with E-state index in [0.29, 0.717) is 22.4 Å². The predicted octanol–water partition coefficient (Wildman–Crippen LogP) is 0.357. The number of nitrogens with one attached hydrogen (secondary N) is 2. The molecule has 2 atom stereocenters. The molecule has 1 aromatic heterocycles. The van der Waals surface area contributed by atoms with Crippen LogP contribution in [-0.4, -0.2) is 46.7 Å². The monoisotopic (exact) mass is 284 g/mol. The molecule has 2 saturated heterocycles. The van der Waals surface area contributed by atoms with Crippen molar-refractivity contribution in [3.8, 4) is 0 Å². The highest BCUT2D eigenvalue weighted by Crippen LogP contribution is 2.29. The Morgan fingerprint density at radius 1 is 1.24 bits per heavy atom. The second kappa shape index (κ2) is 4.66. The summed E-state index contributed by atoms with van der Waals surface area (Å²) in [6.07, 6.45) is 1.03. The van der Waals surface area contributed by atoms with Crippen LogP contribution < -0.4 is 10.9 Å². The molecule has 3 heterocycles. The highest BCUT2D eigenvalue weighted by molar-refractivity contribution is 6.04. The van der Waals surface area contributed by atoms with Gasteiger partial charge in [-0.1, -0.05) is 18.2 Å². The normalized spacial score (nSPS) is 24.5. The van der Waals surface area contributed by atoms with Crippen LogP contribution in [0, 0.1) is 5.92 Å². The van der Waals surface area contributed by atoms with Gasteiger partial charge in [0.15, 0.2) is 5.69 Å². The molecule has 2 fully saturated rings. The first-order chi connectivity index (χ1) is 10.3. The number of carbonyl (C=O) groups excluding carboxylic acids is 1. The maximum absolute atomic E-state index is 12.8. The van der Waals surface area contributed by atoms with Crippen molar-refractivity contribution < 1.29 is 4.79 Å². The Morgan fingerprint density at radius 3 is 2.90 bits per heavy atom. The molecule has 0 spiro atoms. The summed E-state index contributed by atoms with van der Waals surface area (Å²) in [5, 5.41) is 10.9. The second-order valence-corrected chi connectivity index (χ2v) is 5.72. The van der Waals surface area contributed by atoms with Crippen molar-refractivity contribution in [2.75, 3.05) is 19.6 Å². The van der Waals surface area contributed by atoms with Crippen LogP contribution in [0.25, 0.3) is 10.8 Å². The lowest BCUT2D eigenvalue weighted by Gasteiger charge is -2.23. The number of hydrogen-bond acceptors (Lipinski definition) is 4. The van der Waals surface area contributed by atoms with Crippen molar-refractivity contribution in [2.45, 2.75) is 12.5 Å². The summed E-state index contributed by atoms with van der Waals surface area (Å²) in [5.74, 6) is 0.460. The molecule has 0 unspecified atom stereocenters. The van der Waals surface area contributed by atoms with Gasteiger partial charge in [0.05, 0.1) is 5.39 Å². The average molecular weight is 284 g/mol. The van der Waals surface area contributed by atoms with Crippen molar-refractivity contribution in [3.05, 3.63) is 40.3 Å². The number of hydrogen-bond donors (Lipinski definition) is 2. The molecule has 2 N–H and O–H groups in total. The van der Waals surface area contributed by atoms with E-state index in [9.17, 15) is 9.59 Å². The fourth-order valence-electron chi connectivity index (χ4n) is 3.52. The molecule has 2 aliphatic rings. The van der Waals surface area contributed by atoms with Crippen molar-refractivity contribution in [2.24, 2.45) is 5.92 Å². The number of aromatic amines is 1. The van der Waals surface area contributed by atoms with E-state index in [4.69, 9.17) is 0 Å². The number of carbonyl (C=O) groups is 1. The molecular weight excluding hydrogens is 268 g/mol. The molecule has 21 heavy (non-hydrogen) atoms. The smallest absolute Gasteiger partial charge is 0.275 e. The van der Waals surface area contributed by atoms with E-state index >= 15 is 0 Å². The minimum absolute atomic E-state index is 0.0846. The minimum Gasteiger partial charge on any atom is -0.333 e. The zero-order valence-electron chi connectivity index (χ0n) is 11.5. The standard InChI is InChI=1S/C15H16N4O2/c20-14-11-4-2-1-3-10(11)13(17-18-14)15(21)19-6-5-9-7-16-8-12(9)19/h1-4,9,12,16H,5-8H2,(H,18,20)/t9-,12+/m1/s1. The Balaban J connectivity index is 1.78. The molecule has 0 bridgehead atoms. The molecule has 0 saturated carbocycles. The van der Waals surface area contributed by atoms with Crippen molar-refractivity contribution in [3.63, 3.8) is 0 Å². The van der Waals surface area contributed by atoms with E-state index in [1.54, 1.807) is 18.2 Å². The number of aromatic nitrogens is 2. The van der Waals surface area contributed by atoms with Gasteiger partial charge in [-0.2, -0.15) is 5.10 Å². The average Bonchev–Trinajstić information content (AvgIpc) is 3.10. The topological polar surface area (TPSA) is 78.1 Å². The molecule has 6 heteroatoms. The van der Waals surface area contributed by atoms with Crippen LogP contribution >= 0.6 is 0 Å². The quantitative estimate of drug-likeness (QED) is 0.792. The lowest BCUT2D eigenvalue weighted by molar-refractivity contribution is 0.0732. The third kappa shape index (κ3) is 1.86. The second-order valence-electron chi connectivity index (χ2n) is 5.72. The molecule has 0 radical (unpaired) electrons. The van der Waals surface area contributed by atoms with E-state index < -0.39 is 0 Å². The number of rotatable bonds is 1. The molecule has 108 valence electrons. The van der Waals surface area contributed by atoms with Gasteiger partial charge < -0.3 is 10.2 Å². The van der Waals surface area contributed by atoms with Crippen molar-refractivity contribution >= 4 is 16.7 Å². The first-order valence-electron chi connectivity index (χ1n) is 7.25. The van der Waals surface area contributed by atoms with Crippen LogP contribution in [0.5, 0.6) is 0 Å². The summed E-state index contributed by atoms with van der Waals surface area (Å²) in [5.41, 5.74) is 0.0849. The molecule has 1 amide bonds. The largest absolute Gasteiger partial charge is 0.333 e. The molecular formula is C15H16N4O2. The number of fused-ring (bicyclic) bond motifs is 2. The zero-order chi connectivity index (χ0) is 14.4. The van der Waals surface area contributed by atoms with Crippen LogP contribution in [0.4, 0.5) is 0 Å². The van der Waals surface area contributed by atoms with E-state index in [1.807, 2.05) is 11.0 Å². The lowest BCUT2D eigenvalue weighted by Crippen LogP contribution is -2.39. The van der Waals surface area contributed by atoms with Crippen LogP contribution in [0.1, 0.15) is 16.9 Å². The molecule has 2 aliphatic heterocycles. The van der Waals surface area contributed by atoms with Crippen molar-refractivity contribution in [1.82, 2.24) is 20.4 Å². The van der Waals surface area contributed by atoms with Crippen LogP contribution in [0.15, 0.2) is 29.1 Å². The molecule has 1 aromatic carbocycles. The Morgan fingerprint density at radius 2 is 2.05 bits per heavy atom. The van der Waals surface area contributed by atoms with E-state index in [1.165, 1.54) is 0 Å². The van der Waals surface area contributed by atoms with Crippen molar-refractivity contribution in [1.29, 1.82) is 0 Å². The minimum atomic E-state index is -0.260. The molecule has 2 aromatic rings. The highest BCUT2D eigenvalue weighted by atomic mass is 16.2. The third-order valence-electron chi connectivity index (χ3n) is 4.60. The van der Waals surface area contributed by atoms with Gasteiger partial charge in [0.2, 0.25) is 0 Å². The summed E-state index contributed by atoms with van der Waals surface area (Å²) in [4.78, 5) is 26.5. The number of nitrogens with zero attached hydrogens (tertiary/aromatic N) is 2. The number of amides is 1. The molecule has 6 nitrogen and oxygen atoms in total. The molecule has 0 aliphatic carbocycles. The van der Waals surface area contributed by atoms with Crippen LogP contribution in [-0.2, 0) is 0 Å². The van der Waals surface area contributed by atoms with E-state index in [2.05, 4.69) is 15.5 Å². The van der Waals surface area contributed by atoms with Gasteiger partial charge in [0.25, 0.3) is 11.5 Å². The lowest BCUT2D eigenvalue weighted by atomic mass is 10.0. The zero-order valence-corrected chi connectivity index (χ0v) is 11.5. The summed E-state index contributed by atoms with van der Waals surface area (Å²) in [6.45, 7) is 2.59. The van der Waals surface area contributed by atoms with E-state index in [0.717, 1.165) is 26.1 Å². The highest BCUT2D eigenvalue weighted by Gasteiger charge is 2.40. The maximum atomic E-state index is 12.8. The fraction of sp³-hybridized carbons (Fsp3) is 0.400. The number of H-pyrrole nitrogens is 1. The summed E-state index contributed by atoms with van der Waals surface area (Å²) >= 11 is 0. The maximum Gasteiger partial charge on any atom is 0.275 e. The number of benzene rings is 1. The predicted molar refractivity (Wildman–Crippen MR) is 78.2 cm³/mol. The Bertz CT molecular complexity index is 770. The van der Waals surface area contributed by atoms with Gasteiger partial charge in [-0.05, 0) is 18.4 Å². The first-order valence-corrected chi connectivity index (χ1v) is 7.25. The summed E-state index contributed by atoms with van der Waals surface area (Å²) in [6, 6.07) is 7.37. The number of likely N-dealkylation sites (tertiary alicyclic amines) is 1. The SMILES string of the molecule is O=C(c1n[nH]c(=O)c2ccccc12)N1CC[C@@H]2CNC[C@@H]21. The van der Waals surface area contributed by atoms with Gasteiger partial charge in [-0.3, -0.25) is 9.59 Å². The summed E-state index contributed by atoms with van der Waals surface area (Å²) < 4.78 is 0. The van der Waals surface area contributed by atoms with Gasteiger partial charge in [0.1, 0.15) is 0 Å². The van der Waals surface area contributed by atoms with Gasteiger partial charge in [-0.25, -0.2) is 5.10 Å². The fourth-order valence-corrected chi connectivity index (χ4v) is 3.52. The molecule has 4 rings (SSSR count). The Kier molecular flexibility index (Phi) is 2.78. The van der Waals surface area contributed by atoms with Crippen LogP contribution in [0.2, 0.25) is 0 Å². The van der Waals surface area contributed by atoms with Gasteiger partial charge in [-0.15, -0.1) is 0 Å².